The highest BCUT2D eigenvalue weighted by Crippen LogP contribution is 2.25. The highest BCUT2D eigenvalue weighted by atomic mass is 79.9. The molecule has 0 fully saturated rings. The zero-order chi connectivity index (χ0) is 18.0. The van der Waals surface area contributed by atoms with Crippen molar-refractivity contribution in [3.8, 4) is 5.75 Å². The summed E-state index contributed by atoms with van der Waals surface area (Å²) in [4.78, 5) is 19.7. The first-order valence-electron chi connectivity index (χ1n) is 7.78. The molecular formula is C17H19BrN4O3. The molecule has 8 heteroatoms. The van der Waals surface area contributed by atoms with Crippen LogP contribution in [-0.4, -0.2) is 46.6 Å². The van der Waals surface area contributed by atoms with Gasteiger partial charge in [-0.1, -0.05) is 17.3 Å². The van der Waals surface area contributed by atoms with E-state index < -0.39 is 6.10 Å². The number of hydrogen-bond acceptors (Lipinski definition) is 5. The second kappa shape index (κ2) is 7.26. The largest absolute Gasteiger partial charge is 0.496 e. The third-order valence-electron chi connectivity index (χ3n) is 4.14. The molecule has 25 heavy (non-hydrogen) atoms. The highest BCUT2D eigenvalue weighted by molar-refractivity contribution is 9.10. The normalized spacial score (nSPS) is 16.3. The summed E-state index contributed by atoms with van der Waals surface area (Å²) < 4.78 is 7.96. The Morgan fingerprint density at radius 2 is 2.24 bits per heavy atom. The number of hydrogen-bond donors (Lipinski definition) is 0. The van der Waals surface area contributed by atoms with E-state index in [0.29, 0.717) is 24.4 Å². The highest BCUT2D eigenvalue weighted by Gasteiger charge is 2.32. The molecular weight excluding hydrogens is 388 g/mol. The van der Waals surface area contributed by atoms with Gasteiger partial charge in [0.05, 0.1) is 35.7 Å². The molecule has 3 rings (SSSR count). The number of para-hydroxylation sites is 1. The molecule has 0 bridgehead atoms. The van der Waals surface area contributed by atoms with Crippen molar-refractivity contribution in [3.05, 3.63) is 46.2 Å². The van der Waals surface area contributed by atoms with Crippen LogP contribution in [0.25, 0.3) is 0 Å². The predicted molar refractivity (Wildman–Crippen MR) is 96.4 cm³/mol. The summed E-state index contributed by atoms with van der Waals surface area (Å²) in [6.07, 6.45) is 1.50. The number of ether oxygens (including phenoxy) is 1. The van der Waals surface area contributed by atoms with Gasteiger partial charge < -0.3 is 14.5 Å². The Kier molecular flexibility index (Phi) is 5.08. The van der Waals surface area contributed by atoms with Gasteiger partial charge in [-0.25, -0.2) is 0 Å². The third-order valence-corrected chi connectivity index (χ3v) is 4.80. The van der Waals surface area contributed by atoms with E-state index in [1.165, 1.54) is 0 Å². The molecule has 0 saturated carbocycles. The third kappa shape index (κ3) is 3.53. The van der Waals surface area contributed by atoms with Gasteiger partial charge in [0.2, 0.25) is 6.10 Å². The Morgan fingerprint density at radius 3 is 2.92 bits per heavy atom. The van der Waals surface area contributed by atoms with E-state index in [4.69, 9.17) is 9.57 Å². The van der Waals surface area contributed by atoms with Crippen molar-refractivity contribution < 1.29 is 14.4 Å². The fourth-order valence-corrected chi connectivity index (χ4v) is 3.19. The standard InChI is InChI=1S/C17H19BrN4O3/c1-21(10-14-12(18)9-19-22(14)2)17(23)16-8-13(20-25-16)11-6-4-5-7-15(11)24-3/h4-7,9,16H,8,10H2,1-3H3. The van der Waals surface area contributed by atoms with E-state index in [-0.39, 0.29) is 5.91 Å². The lowest BCUT2D eigenvalue weighted by atomic mass is 10.0. The summed E-state index contributed by atoms with van der Waals surface area (Å²) in [5.74, 6) is 0.590. The second-order valence-electron chi connectivity index (χ2n) is 5.79. The van der Waals surface area contributed by atoms with E-state index in [1.807, 2.05) is 31.3 Å². The van der Waals surface area contributed by atoms with Crippen LogP contribution in [0.2, 0.25) is 0 Å². The van der Waals surface area contributed by atoms with E-state index in [1.54, 1.807) is 29.9 Å². The SMILES string of the molecule is COc1ccccc1C1=NOC(C(=O)N(C)Cc2c(Br)cnn2C)C1. The van der Waals surface area contributed by atoms with Gasteiger partial charge in [-0.2, -0.15) is 5.10 Å². The first-order valence-corrected chi connectivity index (χ1v) is 8.58. The zero-order valence-corrected chi connectivity index (χ0v) is 15.9. The number of rotatable bonds is 5. The maximum Gasteiger partial charge on any atom is 0.267 e. The van der Waals surface area contributed by atoms with Gasteiger partial charge in [-0.3, -0.25) is 9.48 Å². The fourth-order valence-electron chi connectivity index (χ4n) is 2.71. The van der Waals surface area contributed by atoms with Crippen molar-refractivity contribution in [1.82, 2.24) is 14.7 Å². The molecule has 2 heterocycles. The molecule has 1 aromatic heterocycles. The number of oxime groups is 1. The molecule has 0 aliphatic carbocycles. The Bertz CT molecular complexity index is 798. The Morgan fingerprint density at radius 1 is 1.48 bits per heavy atom. The zero-order valence-electron chi connectivity index (χ0n) is 14.3. The minimum Gasteiger partial charge on any atom is -0.496 e. The number of carbonyl (C=O) groups is 1. The summed E-state index contributed by atoms with van der Waals surface area (Å²) in [5.41, 5.74) is 2.47. The van der Waals surface area contributed by atoms with Crippen LogP contribution in [0.15, 0.2) is 40.1 Å². The number of likely N-dealkylation sites (N-methyl/N-ethyl adjacent to an activating group) is 1. The van der Waals surface area contributed by atoms with Crippen LogP contribution in [0.5, 0.6) is 5.75 Å². The van der Waals surface area contributed by atoms with Gasteiger partial charge in [0.1, 0.15) is 5.75 Å². The summed E-state index contributed by atoms with van der Waals surface area (Å²) in [6.45, 7) is 0.430. The van der Waals surface area contributed by atoms with E-state index in [2.05, 4.69) is 26.2 Å². The molecule has 2 aromatic rings. The number of aromatic nitrogens is 2. The Balaban J connectivity index is 1.67. The van der Waals surface area contributed by atoms with Crippen molar-refractivity contribution >= 4 is 27.5 Å². The molecule has 0 radical (unpaired) electrons. The molecule has 1 atom stereocenters. The fraction of sp³-hybridized carbons (Fsp3) is 0.353. The van der Waals surface area contributed by atoms with Crippen LogP contribution in [0, 0.1) is 0 Å². The van der Waals surface area contributed by atoms with Crippen LogP contribution in [0.4, 0.5) is 0 Å². The quantitative estimate of drug-likeness (QED) is 0.763. The molecule has 0 N–H and O–H groups in total. The van der Waals surface area contributed by atoms with Gasteiger partial charge in [-0.05, 0) is 28.1 Å². The van der Waals surface area contributed by atoms with Crippen molar-refractivity contribution in [1.29, 1.82) is 0 Å². The van der Waals surface area contributed by atoms with E-state index in [0.717, 1.165) is 15.7 Å². The van der Waals surface area contributed by atoms with Crippen LogP contribution >= 0.6 is 15.9 Å². The summed E-state index contributed by atoms with van der Waals surface area (Å²) in [7, 11) is 5.19. The van der Waals surface area contributed by atoms with Crippen molar-refractivity contribution in [2.75, 3.05) is 14.2 Å². The Hall–Kier alpha value is -2.35. The monoisotopic (exact) mass is 406 g/mol. The lowest BCUT2D eigenvalue weighted by Crippen LogP contribution is -2.36. The summed E-state index contributed by atoms with van der Waals surface area (Å²) in [5, 5.41) is 8.25. The lowest BCUT2D eigenvalue weighted by Gasteiger charge is -2.20. The van der Waals surface area contributed by atoms with Crippen LogP contribution in [0.3, 0.4) is 0 Å². The first kappa shape index (κ1) is 17.5. The molecule has 1 unspecified atom stereocenters. The average molecular weight is 407 g/mol. The topological polar surface area (TPSA) is 69.0 Å². The lowest BCUT2D eigenvalue weighted by molar-refractivity contribution is -0.141. The maximum absolute atomic E-state index is 12.7. The summed E-state index contributed by atoms with van der Waals surface area (Å²) in [6, 6.07) is 7.56. The molecule has 0 saturated heterocycles. The van der Waals surface area contributed by atoms with Gasteiger partial charge in [0.15, 0.2) is 0 Å². The molecule has 1 amide bonds. The number of benzene rings is 1. The molecule has 1 aliphatic heterocycles. The van der Waals surface area contributed by atoms with Gasteiger partial charge in [0, 0.05) is 26.1 Å². The average Bonchev–Trinajstić information content (AvgIpc) is 3.23. The minimum atomic E-state index is -0.628. The number of carbonyl (C=O) groups excluding carboxylic acids is 1. The van der Waals surface area contributed by atoms with Gasteiger partial charge >= 0.3 is 0 Å². The first-order chi connectivity index (χ1) is 12.0. The van der Waals surface area contributed by atoms with Crippen molar-refractivity contribution in [2.24, 2.45) is 12.2 Å². The van der Waals surface area contributed by atoms with Crippen LogP contribution < -0.4 is 4.74 Å². The predicted octanol–water partition coefficient (Wildman–Crippen LogP) is 2.34. The smallest absolute Gasteiger partial charge is 0.267 e. The maximum atomic E-state index is 12.7. The molecule has 132 valence electrons. The molecule has 1 aromatic carbocycles. The molecule has 7 nitrogen and oxygen atoms in total. The van der Waals surface area contributed by atoms with Crippen molar-refractivity contribution in [2.45, 2.75) is 19.1 Å². The molecule has 0 spiro atoms. The number of aryl methyl sites for hydroxylation is 1. The second-order valence-corrected chi connectivity index (χ2v) is 6.65. The number of nitrogens with zero attached hydrogens (tertiary/aromatic N) is 4. The summed E-state index contributed by atoms with van der Waals surface area (Å²) >= 11 is 3.45. The van der Waals surface area contributed by atoms with E-state index >= 15 is 0 Å². The van der Waals surface area contributed by atoms with Crippen LogP contribution in [-0.2, 0) is 23.2 Å². The molecule has 1 aliphatic rings. The number of amides is 1. The van der Waals surface area contributed by atoms with Crippen LogP contribution in [0.1, 0.15) is 17.7 Å². The number of methoxy groups -OCH3 is 1. The number of halogens is 1. The van der Waals surface area contributed by atoms with E-state index in [9.17, 15) is 4.79 Å². The van der Waals surface area contributed by atoms with Gasteiger partial charge in [0.25, 0.3) is 5.91 Å². The van der Waals surface area contributed by atoms with Crippen molar-refractivity contribution in [3.63, 3.8) is 0 Å². The Labute approximate surface area is 154 Å². The minimum absolute atomic E-state index is 0.123. The van der Waals surface area contributed by atoms with Gasteiger partial charge in [-0.15, -0.1) is 0 Å².